The quantitative estimate of drug-likeness (QED) is 0.255. The Morgan fingerprint density at radius 1 is 0.917 bits per heavy atom. The van der Waals surface area contributed by atoms with Crippen molar-refractivity contribution in [2.45, 2.75) is 43.9 Å². The Labute approximate surface area is 215 Å². The predicted octanol–water partition coefficient (Wildman–Crippen LogP) is 7.14. The molecule has 1 fully saturated rings. The fourth-order valence-corrected chi connectivity index (χ4v) is 6.01. The monoisotopic (exact) mass is 500 g/mol. The molecule has 5 rings (SSSR count). The molecule has 1 aliphatic carbocycles. The summed E-state index contributed by atoms with van der Waals surface area (Å²) >= 11 is 1.93. The van der Waals surface area contributed by atoms with Crippen molar-refractivity contribution in [3.63, 3.8) is 0 Å². The highest BCUT2D eigenvalue weighted by Gasteiger charge is 2.31. The third-order valence-electron chi connectivity index (χ3n) is 6.61. The zero-order valence-electron chi connectivity index (χ0n) is 20.0. The normalized spacial score (nSPS) is 16.3. The number of urea groups is 1. The van der Waals surface area contributed by atoms with E-state index in [9.17, 15) is 14.9 Å². The van der Waals surface area contributed by atoms with Crippen LogP contribution in [0.1, 0.15) is 43.2 Å². The molecular weight excluding hydrogens is 472 g/mol. The third kappa shape index (κ3) is 5.28. The molecule has 184 valence electrons. The number of benzene rings is 3. The maximum atomic E-state index is 14.0. The highest BCUT2D eigenvalue weighted by atomic mass is 32.2. The lowest BCUT2D eigenvalue weighted by molar-refractivity contribution is -0.384. The van der Waals surface area contributed by atoms with Crippen LogP contribution in [0.4, 0.5) is 21.9 Å². The first kappa shape index (κ1) is 24.1. The number of carbonyl (C=O) groups excluding carboxylic acids is 1. The molecule has 1 saturated carbocycles. The van der Waals surface area contributed by atoms with Gasteiger partial charge in [-0.15, -0.1) is 0 Å². The summed E-state index contributed by atoms with van der Waals surface area (Å²) in [5, 5.41) is 18.3. The summed E-state index contributed by atoms with van der Waals surface area (Å²) in [5.74, 6) is 0.717. The molecule has 1 heterocycles. The Morgan fingerprint density at radius 3 is 2.33 bits per heavy atom. The molecule has 0 aromatic heterocycles. The van der Waals surface area contributed by atoms with Crippen molar-refractivity contribution in [2.24, 2.45) is 5.10 Å². The molecule has 0 bridgehead atoms. The van der Waals surface area contributed by atoms with Crippen LogP contribution in [0.2, 0.25) is 0 Å². The number of amides is 2. The van der Waals surface area contributed by atoms with Gasteiger partial charge >= 0.3 is 6.03 Å². The minimum absolute atomic E-state index is 0.0173. The third-order valence-corrected chi connectivity index (χ3v) is 7.99. The van der Waals surface area contributed by atoms with Gasteiger partial charge in [0, 0.05) is 28.7 Å². The van der Waals surface area contributed by atoms with E-state index < -0.39 is 4.92 Å². The summed E-state index contributed by atoms with van der Waals surface area (Å²) in [7, 11) is 0. The second kappa shape index (κ2) is 11.0. The lowest BCUT2D eigenvalue weighted by Gasteiger charge is -2.26. The molecule has 0 radical (unpaired) electrons. The maximum Gasteiger partial charge on any atom is 0.349 e. The highest BCUT2D eigenvalue weighted by Crippen LogP contribution is 2.36. The average Bonchev–Trinajstić information content (AvgIpc) is 3.03. The first-order valence-electron chi connectivity index (χ1n) is 12.3. The summed E-state index contributed by atoms with van der Waals surface area (Å²) in [5.41, 5.74) is 4.03. The lowest BCUT2D eigenvalue weighted by atomic mass is 10.0. The summed E-state index contributed by atoms with van der Waals surface area (Å²) in [6, 6.07) is 23.4. The van der Waals surface area contributed by atoms with Gasteiger partial charge in [-0.2, -0.15) is 16.9 Å². The number of rotatable bonds is 7. The van der Waals surface area contributed by atoms with E-state index in [1.165, 1.54) is 49.2 Å². The Morgan fingerprint density at radius 2 is 1.61 bits per heavy atom. The van der Waals surface area contributed by atoms with Gasteiger partial charge in [0.05, 0.1) is 28.6 Å². The van der Waals surface area contributed by atoms with Crippen LogP contribution < -0.4 is 4.90 Å². The van der Waals surface area contributed by atoms with Crippen LogP contribution in [-0.4, -0.2) is 32.7 Å². The van der Waals surface area contributed by atoms with E-state index >= 15 is 0 Å². The van der Waals surface area contributed by atoms with Gasteiger partial charge in [-0.25, -0.2) is 9.80 Å². The minimum atomic E-state index is -0.437. The molecule has 2 aliphatic rings. The van der Waals surface area contributed by atoms with Crippen molar-refractivity contribution >= 4 is 40.6 Å². The van der Waals surface area contributed by atoms with E-state index in [1.54, 1.807) is 17.0 Å². The highest BCUT2D eigenvalue weighted by molar-refractivity contribution is 8.00. The van der Waals surface area contributed by atoms with Crippen LogP contribution in [0.15, 0.2) is 84.0 Å². The van der Waals surface area contributed by atoms with Crippen LogP contribution in [0, 0.1) is 10.1 Å². The summed E-state index contributed by atoms with van der Waals surface area (Å²) in [6.45, 7) is 0.328. The van der Waals surface area contributed by atoms with Gasteiger partial charge in [0.2, 0.25) is 0 Å². The van der Waals surface area contributed by atoms with Crippen molar-refractivity contribution in [1.29, 1.82) is 0 Å². The Balaban J connectivity index is 1.54. The summed E-state index contributed by atoms with van der Waals surface area (Å²) in [4.78, 5) is 26.4. The van der Waals surface area contributed by atoms with Crippen molar-refractivity contribution in [1.82, 2.24) is 5.01 Å². The van der Waals surface area contributed by atoms with Crippen molar-refractivity contribution in [3.05, 3.63) is 100 Å². The number of fused-ring (bicyclic) bond motifs is 1. The number of thioether (sulfide) groups is 1. The number of carbonyl (C=O) groups is 1. The van der Waals surface area contributed by atoms with E-state index in [4.69, 9.17) is 5.10 Å². The number of nitro benzene ring substituents is 1. The van der Waals surface area contributed by atoms with Crippen molar-refractivity contribution < 1.29 is 9.72 Å². The van der Waals surface area contributed by atoms with E-state index in [-0.39, 0.29) is 11.7 Å². The summed E-state index contributed by atoms with van der Waals surface area (Å²) < 4.78 is 0. The first-order valence-corrected chi connectivity index (χ1v) is 13.3. The second-order valence-corrected chi connectivity index (χ2v) is 10.4. The molecule has 2 amide bonds. The number of hydrogen-bond acceptors (Lipinski definition) is 5. The summed E-state index contributed by atoms with van der Waals surface area (Å²) in [6.07, 6.45) is 6.30. The predicted molar refractivity (Wildman–Crippen MR) is 145 cm³/mol. The average molecular weight is 501 g/mol. The van der Waals surface area contributed by atoms with Gasteiger partial charge in [-0.05, 0) is 36.6 Å². The molecule has 0 saturated heterocycles. The number of hydrogen-bond donors (Lipinski definition) is 0. The fourth-order valence-electron chi connectivity index (χ4n) is 4.74. The van der Waals surface area contributed by atoms with Gasteiger partial charge in [0.1, 0.15) is 0 Å². The molecule has 0 atom stereocenters. The van der Waals surface area contributed by atoms with Gasteiger partial charge in [-0.1, -0.05) is 67.8 Å². The molecule has 0 spiro atoms. The molecular formula is C28H28N4O3S. The number of nitro groups is 1. The van der Waals surface area contributed by atoms with Crippen LogP contribution in [0.3, 0.4) is 0 Å². The van der Waals surface area contributed by atoms with Crippen LogP contribution in [0.25, 0.3) is 0 Å². The van der Waals surface area contributed by atoms with Gasteiger partial charge in [0.25, 0.3) is 5.69 Å². The molecule has 36 heavy (non-hydrogen) atoms. The van der Waals surface area contributed by atoms with E-state index in [0.717, 1.165) is 22.5 Å². The molecule has 0 unspecified atom stereocenters. The zero-order chi connectivity index (χ0) is 24.9. The smallest absolute Gasteiger partial charge is 0.261 e. The standard InChI is InChI=1S/C28H28N4O3S/c33-28-30(19-21-9-3-1-4-10-21)29-26(20-36-24-11-5-2-6-12-24)25-13-7-8-14-27(25)31(28)22-15-17-23(18-16-22)32(34)35/h1,3-4,7-10,13-18,24H,2,5-6,11-12,19-20H2. The second-order valence-electron chi connectivity index (χ2n) is 9.07. The number of anilines is 2. The Hall–Kier alpha value is -3.65. The SMILES string of the molecule is O=C1N(Cc2ccccc2)N=C(CSC2CCCCC2)c2ccccc2N1c1ccc([N+](=O)[O-])cc1. The molecule has 7 nitrogen and oxygen atoms in total. The van der Waals surface area contributed by atoms with Gasteiger partial charge < -0.3 is 0 Å². The minimum Gasteiger partial charge on any atom is -0.261 e. The Bertz CT molecular complexity index is 1260. The van der Waals surface area contributed by atoms with Crippen molar-refractivity contribution in [3.8, 4) is 0 Å². The largest absolute Gasteiger partial charge is 0.349 e. The number of nitrogens with zero attached hydrogens (tertiary/aromatic N) is 4. The first-order chi connectivity index (χ1) is 17.6. The number of hydrazone groups is 1. The molecule has 0 N–H and O–H groups in total. The maximum absolute atomic E-state index is 14.0. The van der Waals surface area contributed by atoms with E-state index in [2.05, 4.69) is 0 Å². The number of non-ortho nitro benzene ring substituents is 1. The van der Waals surface area contributed by atoms with E-state index in [1.807, 2.05) is 66.4 Å². The Kier molecular flexibility index (Phi) is 7.32. The zero-order valence-corrected chi connectivity index (χ0v) is 20.8. The van der Waals surface area contributed by atoms with Gasteiger partial charge in [-0.3, -0.25) is 15.0 Å². The fraction of sp³-hybridized carbons (Fsp3) is 0.286. The molecule has 1 aliphatic heterocycles. The van der Waals surface area contributed by atoms with Crippen LogP contribution in [0.5, 0.6) is 0 Å². The topological polar surface area (TPSA) is 79.0 Å². The van der Waals surface area contributed by atoms with E-state index in [0.29, 0.717) is 23.2 Å². The van der Waals surface area contributed by atoms with Gasteiger partial charge in [0.15, 0.2) is 0 Å². The number of para-hydroxylation sites is 1. The molecule has 3 aromatic carbocycles. The van der Waals surface area contributed by atoms with Crippen LogP contribution >= 0.6 is 11.8 Å². The van der Waals surface area contributed by atoms with Crippen LogP contribution in [-0.2, 0) is 6.54 Å². The molecule has 8 heteroatoms. The molecule has 3 aromatic rings. The van der Waals surface area contributed by atoms with Crippen molar-refractivity contribution in [2.75, 3.05) is 10.7 Å². The lowest BCUT2D eigenvalue weighted by Crippen LogP contribution is -2.36.